The topological polar surface area (TPSA) is 55.1 Å². The van der Waals surface area contributed by atoms with Gasteiger partial charge in [-0.1, -0.05) is 60.7 Å². The zero-order valence-corrected chi connectivity index (χ0v) is 11.3. The summed E-state index contributed by atoms with van der Waals surface area (Å²) in [4.78, 5) is 15.4. The molecule has 2 aromatic carbocycles. The Labute approximate surface area is 122 Å². The highest BCUT2D eigenvalue weighted by molar-refractivity contribution is 5.86. The van der Waals surface area contributed by atoms with Crippen LogP contribution < -0.4 is 0 Å². The molecule has 1 aromatic heterocycles. The average molecular weight is 278 g/mol. The smallest absolute Gasteiger partial charge is 0.356 e. The Kier molecular flexibility index (Phi) is 3.51. The fourth-order valence-electron chi connectivity index (χ4n) is 2.24. The van der Waals surface area contributed by atoms with Crippen molar-refractivity contribution < 1.29 is 9.90 Å². The second kappa shape index (κ2) is 5.63. The van der Waals surface area contributed by atoms with Gasteiger partial charge in [0.1, 0.15) is 5.82 Å². The molecule has 0 saturated heterocycles. The largest absolute Gasteiger partial charge is 0.476 e. The summed E-state index contributed by atoms with van der Waals surface area (Å²) in [6.07, 6.45) is 1.58. The Morgan fingerprint density at radius 1 is 1.00 bits per heavy atom. The molecule has 0 aliphatic heterocycles. The summed E-state index contributed by atoms with van der Waals surface area (Å²) < 4.78 is 1.87. The van der Waals surface area contributed by atoms with E-state index in [4.69, 9.17) is 5.11 Å². The molecular formula is C17H14N2O2. The van der Waals surface area contributed by atoms with E-state index in [-0.39, 0.29) is 5.69 Å². The number of imidazole rings is 1. The second-order valence-electron chi connectivity index (χ2n) is 4.73. The first kappa shape index (κ1) is 13.1. The van der Waals surface area contributed by atoms with E-state index >= 15 is 0 Å². The third kappa shape index (κ3) is 2.84. The van der Waals surface area contributed by atoms with Crippen molar-refractivity contribution in [1.82, 2.24) is 9.55 Å². The lowest BCUT2D eigenvalue weighted by molar-refractivity contribution is 0.0691. The number of benzene rings is 2. The molecular weight excluding hydrogens is 264 g/mol. The van der Waals surface area contributed by atoms with Crippen molar-refractivity contribution >= 4 is 5.97 Å². The van der Waals surface area contributed by atoms with Crippen LogP contribution in [0.5, 0.6) is 0 Å². The van der Waals surface area contributed by atoms with Gasteiger partial charge in [0, 0.05) is 18.3 Å². The number of aromatic nitrogens is 2. The highest BCUT2D eigenvalue weighted by Crippen LogP contribution is 2.20. The van der Waals surface area contributed by atoms with Gasteiger partial charge < -0.3 is 9.67 Å². The highest BCUT2D eigenvalue weighted by Gasteiger charge is 2.14. The summed E-state index contributed by atoms with van der Waals surface area (Å²) in [5.41, 5.74) is 2.06. The molecule has 0 spiro atoms. The summed E-state index contributed by atoms with van der Waals surface area (Å²) >= 11 is 0. The van der Waals surface area contributed by atoms with Gasteiger partial charge in [0.05, 0.1) is 0 Å². The van der Waals surface area contributed by atoms with Crippen LogP contribution in [-0.2, 0) is 6.54 Å². The van der Waals surface area contributed by atoms with E-state index in [0.717, 1.165) is 11.1 Å². The third-order valence-electron chi connectivity index (χ3n) is 3.22. The monoisotopic (exact) mass is 278 g/mol. The number of hydrogen-bond acceptors (Lipinski definition) is 2. The van der Waals surface area contributed by atoms with Crippen LogP contribution in [0.1, 0.15) is 16.1 Å². The van der Waals surface area contributed by atoms with Crippen molar-refractivity contribution in [3.05, 3.63) is 78.1 Å². The quantitative estimate of drug-likeness (QED) is 0.796. The second-order valence-corrected chi connectivity index (χ2v) is 4.73. The molecule has 104 valence electrons. The van der Waals surface area contributed by atoms with Crippen molar-refractivity contribution in [3.8, 4) is 11.4 Å². The molecule has 3 aromatic rings. The fraction of sp³-hybridized carbons (Fsp3) is 0.0588. The summed E-state index contributed by atoms with van der Waals surface area (Å²) in [5.74, 6) is -0.351. The van der Waals surface area contributed by atoms with Crippen LogP contribution in [0.4, 0.5) is 0 Å². The van der Waals surface area contributed by atoms with Crippen molar-refractivity contribution in [1.29, 1.82) is 0 Å². The summed E-state index contributed by atoms with van der Waals surface area (Å²) in [5, 5.41) is 9.16. The summed E-state index contributed by atoms with van der Waals surface area (Å²) in [7, 11) is 0. The first-order valence-electron chi connectivity index (χ1n) is 6.64. The van der Waals surface area contributed by atoms with Gasteiger partial charge in [0.2, 0.25) is 0 Å². The maximum absolute atomic E-state index is 11.2. The van der Waals surface area contributed by atoms with Crippen LogP contribution >= 0.6 is 0 Å². The van der Waals surface area contributed by atoms with Crippen LogP contribution in [0.15, 0.2) is 66.9 Å². The summed E-state index contributed by atoms with van der Waals surface area (Å²) in [6.45, 7) is 0.589. The number of carboxylic acids is 1. The number of carboxylic acid groups (broad SMARTS) is 1. The van der Waals surface area contributed by atoms with Gasteiger partial charge in [0.25, 0.3) is 0 Å². The van der Waals surface area contributed by atoms with Crippen LogP contribution in [0.3, 0.4) is 0 Å². The third-order valence-corrected chi connectivity index (χ3v) is 3.22. The van der Waals surface area contributed by atoms with Gasteiger partial charge in [-0.15, -0.1) is 0 Å². The van der Waals surface area contributed by atoms with Crippen LogP contribution in [-0.4, -0.2) is 20.6 Å². The molecule has 1 heterocycles. The van der Waals surface area contributed by atoms with Gasteiger partial charge in [-0.2, -0.15) is 0 Å². The molecule has 4 heteroatoms. The van der Waals surface area contributed by atoms with Gasteiger partial charge >= 0.3 is 5.97 Å². The highest BCUT2D eigenvalue weighted by atomic mass is 16.4. The minimum Gasteiger partial charge on any atom is -0.476 e. The maximum atomic E-state index is 11.2. The first-order valence-corrected chi connectivity index (χ1v) is 6.64. The molecule has 0 radical (unpaired) electrons. The minimum absolute atomic E-state index is 0.0600. The molecule has 0 unspecified atom stereocenters. The molecule has 0 bridgehead atoms. The van der Waals surface area contributed by atoms with Crippen LogP contribution in [0, 0.1) is 0 Å². The zero-order valence-electron chi connectivity index (χ0n) is 11.3. The van der Waals surface area contributed by atoms with E-state index in [1.807, 2.05) is 65.2 Å². The molecule has 0 aliphatic rings. The molecule has 0 fully saturated rings. The van der Waals surface area contributed by atoms with E-state index in [0.29, 0.717) is 12.4 Å². The standard InChI is InChI=1S/C17H14N2O2/c20-17(21)15-12-19(11-13-7-3-1-4-8-13)16(18-15)14-9-5-2-6-10-14/h1-10,12H,11H2,(H,20,21). The number of rotatable bonds is 4. The van der Waals surface area contributed by atoms with E-state index in [1.54, 1.807) is 6.20 Å². The van der Waals surface area contributed by atoms with Gasteiger partial charge in [-0.3, -0.25) is 0 Å². The fourth-order valence-corrected chi connectivity index (χ4v) is 2.24. The van der Waals surface area contributed by atoms with Crippen molar-refractivity contribution in [2.45, 2.75) is 6.54 Å². The normalized spacial score (nSPS) is 10.5. The molecule has 0 saturated carbocycles. The Morgan fingerprint density at radius 3 is 2.24 bits per heavy atom. The molecule has 21 heavy (non-hydrogen) atoms. The first-order chi connectivity index (χ1) is 10.2. The number of nitrogens with zero attached hydrogens (tertiary/aromatic N) is 2. The number of aromatic carboxylic acids is 1. The Balaban J connectivity index is 2.04. The van der Waals surface area contributed by atoms with E-state index in [1.165, 1.54) is 0 Å². The van der Waals surface area contributed by atoms with Crippen molar-refractivity contribution in [2.24, 2.45) is 0 Å². The van der Waals surface area contributed by atoms with Gasteiger partial charge in [-0.25, -0.2) is 9.78 Å². The SMILES string of the molecule is O=C(O)c1cn(Cc2ccccc2)c(-c2ccccc2)n1. The summed E-state index contributed by atoms with van der Waals surface area (Å²) in [6, 6.07) is 19.5. The lowest BCUT2D eigenvalue weighted by Gasteiger charge is -2.07. The van der Waals surface area contributed by atoms with Gasteiger partial charge in [0.15, 0.2) is 5.69 Å². The van der Waals surface area contributed by atoms with E-state index < -0.39 is 5.97 Å². The van der Waals surface area contributed by atoms with Crippen molar-refractivity contribution in [2.75, 3.05) is 0 Å². The van der Waals surface area contributed by atoms with Crippen LogP contribution in [0.25, 0.3) is 11.4 Å². The molecule has 3 rings (SSSR count). The lowest BCUT2D eigenvalue weighted by atomic mass is 10.2. The average Bonchev–Trinajstić information content (AvgIpc) is 2.93. The molecule has 1 N–H and O–H groups in total. The Hall–Kier alpha value is -2.88. The number of hydrogen-bond donors (Lipinski definition) is 1. The molecule has 4 nitrogen and oxygen atoms in total. The van der Waals surface area contributed by atoms with Crippen LogP contribution in [0.2, 0.25) is 0 Å². The molecule has 0 amide bonds. The predicted molar refractivity (Wildman–Crippen MR) is 80.2 cm³/mol. The van der Waals surface area contributed by atoms with E-state index in [2.05, 4.69) is 4.98 Å². The molecule has 0 aliphatic carbocycles. The Morgan fingerprint density at radius 2 is 1.62 bits per heavy atom. The maximum Gasteiger partial charge on any atom is 0.356 e. The number of carbonyl (C=O) groups is 1. The zero-order chi connectivity index (χ0) is 14.7. The predicted octanol–water partition coefficient (Wildman–Crippen LogP) is 3.30. The molecule has 0 atom stereocenters. The lowest BCUT2D eigenvalue weighted by Crippen LogP contribution is -2.00. The van der Waals surface area contributed by atoms with Crippen molar-refractivity contribution in [3.63, 3.8) is 0 Å². The van der Waals surface area contributed by atoms with E-state index in [9.17, 15) is 4.79 Å². The Bertz CT molecular complexity index is 749. The van der Waals surface area contributed by atoms with Gasteiger partial charge in [-0.05, 0) is 5.56 Å². The minimum atomic E-state index is -1.01.